The highest BCUT2D eigenvalue weighted by Gasteiger charge is 2.12. The first kappa shape index (κ1) is 15.2. The van der Waals surface area contributed by atoms with Crippen molar-refractivity contribution < 1.29 is 0 Å². The first-order valence-corrected chi connectivity index (χ1v) is 8.58. The lowest BCUT2D eigenvalue weighted by Crippen LogP contribution is -2.15. The minimum absolute atomic E-state index is 1.06. The number of pyridine rings is 1. The van der Waals surface area contributed by atoms with E-state index in [4.69, 9.17) is 0 Å². The summed E-state index contributed by atoms with van der Waals surface area (Å²) in [6, 6.07) is 13.0. The molecule has 0 unspecified atom stereocenters. The van der Waals surface area contributed by atoms with E-state index in [2.05, 4.69) is 54.3 Å². The van der Waals surface area contributed by atoms with Gasteiger partial charge in [0.2, 0.25) is 0 Å². The van der Waals surface area contributed by atoms with Gasteiger partial charge in [-0.3, -0.25) is 4.98 Å². The van der Waals surface area contributed by atoms with E-state index in [1.165, 1.54) is 21.2 Å². The molecule has 0 aliphatic heterocycles. The van der Waals surface area contributed by atoms with Crippen LogP contribution in [0, 0.1) is 0 Å². The molecule has 0 aliphatic carbocycles. The highest BCUT2D eigenvalue weighted by Crippen LogP contribution is 2.32. The summed E-state index contributed by atoms with van der Waals surface area (Å²) in [5, 5.41) is 1.44. The van der Waals surface area contributed by atoms with E-state index in [1.54, 1.807) is 4.88 Å². The van der Waals surface area contributed by atoms with Crippen LogP contribution in [0.25, 0.3) is 10.1 Å². The topological polar surface area (TPSA) is 16.1 Å². The molecule has 0 saturated heterocycles. The molecule has 2 heterocycles. The zero-order valence-corrected chi connectivity index (χ0v) is 14.1. The normalized spacial score (nSPS) is 11.4. The minimum atomic E-state index is 1.06. The minimum Gasteiger partial charge on any atom is -0.309 e. The SMILES string of the molecule is CN(C)CCc1sc2ccccc2c1CCc1cccnc1. The Hall–Kier alpha value is -1.71. The molecule has 0 spiro atoms. The van der Waals surface area contributed by atoms with Gasteiger partial charge in [0.25, 0.3) is 0 Å². The average Bonchev–Trinajstić information content (AvgIpc) is 2.89. The van der Waals surface area contributed by atoms with Gasteiger partial charge in [-0.25, -0.2) is 0 Å². The Balaban J connectivity index is 1.86. The van der Waals surface area contributed by atoms with Crippen LogP contribution >= 0.6 is 11.3 Å². The lowest BCUT2D eigenvalue weighted by Gasteiger charge is -2.10. The first-order chi connectivity index (χ1) is 10.7. The number of benzene rings is 1. The average molecular weight is 310 g/mol. The molecule has 0 saturated carbocycles. The second kappa shape index (κ2) is 7.03. The maximum absolute atomic E-state index is 4.22. The van der Waals surface area contributed by atoms with Crippen molar-refractivity contribution in [1.82, 2.24) is 9.88 Å². The summed E-state index contributed by atoms with van der Waals surface area (Å²) in [5.74, 6) is 0. The summed E-state index contributed by atoms with van der Waals surface area (Å²) in [7, 11) is 4.28. The molecule has 2 nitrogen and oxygen atoms in total. The van der Waals surface area contributed by atoms with Crippen molar-refractivity contribution in [3.63, 3.8) is 0 Å². The van der Waals surface area contributed by atoms with Gasteiger partial charge in [0, 0.05) is 28.5 Å². The molecule has 0 atom stereocenters. The lowest BCUT2D eigenvalue weighted by molar-refractivity contribution is 0.414. The maximum atomic E-state index is 4.22. The van der Waals surface area contributed by atoms with Crippen LogP contribution in [0.2, 0.25) is 0 Å². The Bertz CT molecular complexity index is 732. The number of aromatic nitrogens is 1. The summed E-state index contributed by atoms with van der Waals surface area (Å²) in [6.45, 7) is 1.10. The molecule has 3 heteroatoms. The van der Waals surface area contributed by atoms with E-state index in [1.807, 2.05) is 29.8 Å². The van der Waals surface area contributed by atoms with Crippen molar-refractivity contribution in [2.24, 2.45) is 0 Å². The molecule has 1 aromatic carbocycles. The smallest absolute Gasteiger partial charge is 0.0348 e. The highest BCUT2D eigenvalue weighted by molar-refractivity contribution is 7.19. The zero-order chi connectivity index (χ0) is 15.4. The van der Waals surface area contributed by atoms with Gasteiger partial charge in [0.05, 0.1) is 0 Å². The van der Waals surface area contributed by atoms with E-state index in [-0.39, 0.29) is 0 Å². The summed E-state index contributed by atoms with van der Waals surface area (Å²) in [6.07, 6.45) is 7.11. The molecule has 2 aromatic heterocycles. The van der Waals surface area contributed by atoms with E-state index in [0.29, 0.717) is 0 Å². The fraction of sp³-hybridized carbons (Fsp3) is 0.316. The Kier molecular flexibility index (Phi) is 4.86. The number of fused-ring (bicyclic) bond motifs is 1. The molecular weight excluding hydrogens is 288 g/mol. The quantitative estimate of drug-likeness (QED) is 0.679. The fourth-order valence-electron chi connectivity index (χ4n) is 2.77. The third-order valence-electron chi connectivity index (χ3n) is 3.95. The van der Waals surface area contributed by atoms with Crippen molar-refractivity contribution in [3.8, 4) is 0 Å². The van der Waals surface area contributed by atoms with E-state index >= 15 is 0 Å². The summed E-state index contributed by atoms with van der Waals surface area (Å²) >= 11 is 1.96. The van der Waals surface area contributed by atoms with Gasteiger partial charge in [0.15, 0.2) is 0 Å². The van der Waals surface area contributed by atoms with Gasteiger partial charge < -0.3 is 4.90 Å². The summed E-state index contributed by atoms with van der Waals surface area (Å²) in [5.41, 5.74) is 2.85. The van der Waals surface area contributed by atoms with Crippen LogP contribution in [0.1, 0.15) is 16.0 Å². The molecule has 0 aliphatic rings. The predicted molar refractivity (Wildman–Crippen MR) is 95.7 cm³/mol. The van der Waals surface area contributed by atoms with E-state index < -0.39 is 0 Å². The number of aryl methyl sites for hydroxylation is 2. The van der Waals surface area contributed by atoms with Crippen molar-refractivity contribution in [1.29, 1.82) is 0 Å². The summed E-state index contributed by atoms with van der Waals surface area (Å²) < 4.78 is 1.41. The standard InChI is InChI=1S/C19H22N2S/c1-21(2)13-11-19-17(10-9-15-6-5-12-20-14-15)16-7-3-4-8-18(16)22-19/h3-8,12,14H,9-11,13H2,1-2H3. The maximum Gasteiger partial charge on any atom is 0.0348 e. The molecule has 3 rings (SSSR count). The molecule has 114 valence electrons. The van der Waals surface area contributed by atoms with Crippen LogP contribution in [0.4, 0.5) is 0 Å². The molecule has 22 heavy (non-hydrogen) atoms. The van der Waals surface area contributed by atoms with Gasteiger partial charge in [-0.2, -0.15) is 0 Å². The van der Waals surface area contributed by atoms with Crippen LogP contribution in [0.5, 0.6) is 0 Å². The van der Waals surface area contributed by atoms with Crippen LogP contribution in [-0.2, 0) is 19.3 Å². The molecular formula is C19H22N2S. The van der Waals surface area contributed by atoms with Gasteiger partial charge in [-0.1, -0.05) is 24.3 Å². The zero-order valence-electron chi connectivity index (χ0n) is 13.2. The first-order valence-electron chi connectivity index (χ1n) is 7.77. The van der Waals surface area contributed by atoms with E-state index in [9.17, 15) is 0 Å². The number of hydrogen-bond donors (Lipinski definition) is 0. The molecule has 0 bridgehead atoms. The number of rotatable bonds is 6. The van der Waals surface area contributed by atoms with Crippen molar-refractivity contribution in [2.45, 2.75) is 19.3 Å². The van der Waals surface area contributed by atoms with Crippen LogP contribution < -0.4 is 0 Å². The summed E-state index contributed by atoms with van der Waals surface area (Å²) in [4.78, 5) is 8.02. The molecule has 0 amide bonds. The van der Waals surface area contributed by atoms with Gasteiger partial charge in [-0.15, -0.1) is 11.3 Å². The van der Waals surface area contributed by atoms with E-state index in [0.717, 1.165) is 25.8 Å². The number of likely N-dealkylation sites (N-methyl/N-ethyl adjacent to an activating group) is 1. The fourth-order valence-corrected chi connectivity index (χ4v) is 4.01. The third kappa shape index (κ3) is 3.54. The van der Waals surface area contributed by atoms with Crippen molar-refractivity contribution in [3.05, 3.63) is 64.8 Å². The molecule has 0 radical (unpaired) electrons. The monoisotopic (exact) mass is 310 g/mol. The number of hydrogen-bond acceptors (Lipinski definition) is 3. The largest absolute Gasteiger partial charge is 0.309 e. The van der Waals surface area contributed by atoms with Gasteiger partial charge in [-0.05, 0) is 62.0 Å². The van der Waals surface area contributed by atoms with Gasteiger partial charge >= 0.3 is 0 Å². The second-order valence-electron chi connectivity index (χ2n) is 5.91. The molecule has 0 N–H and O–H groups in total. The van der Waals surface area contributed by atoms with Crippen LogP contribution in [0.15, 0.2) is 48.8 Å². The Labute approximate surface area is 136 Å². The second-order valence-corrected chi connectivity index (χ2v) is 7.05. The van der Waals surface area contributed by atoms with Gasteiger partial charge in [0.1, 0.15) is 0 Å². The van der Waals surface area contributed by atoms with Crippen LogP contribution in [-0.4, -0.2) is 30.5 Å². The number of nitrogens with zero attached hydrogens (tertiary/aromatic N) is 2. The number of thiophene rings is 1. The highest BCUT2D eigenvalue weighted by atomic mass is 32.1. The Morgan fingerprint density at radius 2 is 1.86 bits per heavy atom. The molecule has 3 aromatic rings. The Morgan fingerprint density at radius 3 is 2.64 bits per heavy atom. The van der Waals surface area contributed by atoms with Crippen molar-refractivity contribution in [2.75, 3.05) is 20.6 Å². The molecule has 0 fully saturated rings. The Morgan fingerprint density at radius 1 is 1.00 bits per heavy atom. The van der Waals surface area contributed by atoms with Crippen molar-refractivity contribution >= 4 is 21.4 Å². The lowest BCUT2D eigenvalue weighted by atomic mass is 10.0. The third-order valence-corrected chi connectivity index (χ3v) is 5.23. The van der Waals surface area contributed by atoms with Crippen LogP contribution in [0.3, 0.4) is 0 Å². The predicted octanol–water partition coefficient (Wildman–Crippen LogP) is 4.19.